The predicted molar refractivity (Wildman–Crippen MR) is 111 cm³/mol. The summed E-state index contributed by atoms with van der Waals surface area (Å²) >= 11 is 0. The topological polar surface area (TPSA) is 41.0 Å². The summed E-state index contributed by atoms with van der Waals surface area (Å²) in [5, 5.41) is 0. The third-order valence-corrected chi connectivity index (χ3v) is 5.97. The largest absolute Gasteiger partial charge is 0.326 e. The molecule has 0 aliphatic carbocycles. The van der Waals surface area contributed by atoms with Crippen LogP contribution in [0, 0.1) is 5.82 Å². The van der Waals surface area contributed by atoms with Crippen LogP contribution < -0.4 is 5.69 Å². The molecule has 1 aliphatic heterocycles. The highest BCUT2D eigenvalue weighted by Gasteiger charge is 2.20. The van der Waals surface area contributed by atoms with Crippen molar-refractivity contribution in [3.8, 4) is 0 Å². The van der Waals surface area contributed by atoms with Crippen LogP contribution in [-0.2, 0) is 6.54 Å². The molecule has 0 radical (unpaired) electrons. The number of piperidine rings is 1. The molecule has 2 heterocycles. The van der Waals surface area contributed by atoms with Crippen molar-refractivity contribution in [2.75, 3.05) is 19.6 Å². The molecule has 0 unspecified atom stereocenters. The van der Waals surface area contributed by atoms with E-state index in [0.717, 1.165) is 62.9 Å². The number of rotatable bonds is 7. The Bertz CT molecular complexity index is 952. The van der Waals surface area contributed by atoms with Gasteiger partial charge in [-0.15, -0.1) is 0 Å². The van der Waals surface area contributed by atoms with Crippen molar-refractivity contribution in [2.24, 2.45) is 0 Å². The predicted octanol–water partition coefficient (Wildman–Crippen LogP) is 4.52. The third kappa shape index (κ3) is 4.36. The van der Waals surface area contributed by atoms with Crippen LogP contribution in [0.4, 0.5) is 4.39 Å². The molecule has 4 nitrogen and oxygen atoms in total. The lowest BCUT2D eigenvalue weighted by molar-refractivity contribution is 0.208. The van der Waals surface area contributed by atoms with Gasteiger partial charge in [-0.05, 0) is 81.1 Å². The average Bonchev–Trinajstić information content (AvgIpc) is 3.04. The fraction of sp³-hybridized carbons (Fsp3) is 0.435. The number of aryl methyl sites for hydroxylation is 1. The molecule has 0 amide bonds. The van der Waals surface area contributed by atoms with Gasteiger partial charge in [0.05, 0.1) is 11.0 Å². The zero-order valence-electron chi connectivity index (χ0n) is 16.2. The lowest BCUT2D eigenvalue weighted by Gasteiger charge is -2.32. The summed E-state index contributed by atoms with van der Waals surface area (Å²) in [7, 11) is 0. The number of fused-ring (bicyclic) bond motifs is 1. The molecular formula is C23H28FN3O. The van der Waals surface area contributed by atoms with Gasteiger partial charge in [0, 0.05) is 6.54 Å². The van der Waals surface area contributed by atoms with E-state index in [0.29, 0.717) is 5.92 Å². The molecule has 1 N–H and O–H groups in total. The molecule has 28 heavy (non-hydrogen) atoms. The average molecular weight is 381 g/mol. The summed E-state index contributed by atoms with van der Waals surface area (Å²) in [5.74, 6) is 0.404. The Morgan fingerprint density at radius 2 is 1.64 bits per heavy atom. The standard InChI is InChI=1S/C23H28FN3O/c24-20-10-8-18(9-11-20)19-12-16-26(17-13-19)14-4-1-5-15-27-22-7-3-2-6-21(22)25-23(27)28/h2-3,6-11,19H,1,4-5,12-17H2,(H,25,28). The van der Waals surface area contributed by atoms with Crippen molar-refractivity contribution in [1.82, 2.24) is 14.5 Å². The minimum absolute atomic E-state index is 0.0101. The number of aromatic amines is 1. The molecule has 3 aromatic rings. The van der Waals surface area contributed by atoms with E-state index < -0.39 is 0 Å². The number of imidazole rings is 1. The normalized spacial score (nSPS) is 16.0. The zero-order valence-corrected chi connectivity index (χ0v) is 16.2. The van der Waals surface area contributed by atoms with Gasteiger partial charge in [-0.2, -0.15) is 0 Å². The summed E-state index contributed by atoms with van der Waals surface area (Å²) < 4.78 is 14.9. The van der Waals surface area contributed by atoms with Gasteiger partial charge < -0.3 is 9.88 Å². The molecule has 1 aromatic heterocycles. The summed E-state index contributed by atoms with van der Waals surface area (Å²) in [6.07, 6.45) is 5.61. The lowest BCUT2D eigenvalue weighted by atomic mass is 9.89. The number of hydrogen-bond donors (Lipinski definition) is 1. The number of hydrogen-bond acceptors (Lipinski definition) is 2. The van der Waals surface area contributed by atoms with Crippen LogP contribution in [0.3, 0.4) is 0 Å². The number of unbranched alkanes of at least 4 members (excludes halogenated alkanes) is 2. The molecule has 0 atom stereocenters. The number of para-hydroxylation sites is 2. The highest BCUT2D eigenvalue weighted by atomic mass is 19.1. The van der Waals surface area contributed by atoms with E-state index >= 15 is 0 Å². The molecular weight excluding hydrogens is 353 g/mol. The van der Waals surface area contributed by atoms with Gasteiger partial charge >= 0.3 is 5.69 Å². The van der Waals surface area contributed by atoms with Crippen LogP contribution in [0.25, 0.3) is 11.0 Å². The van der Waals surface area contributed by atoms with E-state index in [4.69, 9.17) is 0 Å². The van der Waals surface area contributed by atoms with Crippen LogP contribution in [0.1, 0.15) is 43.6 Å². The Kier molecular flexibility index (Phi) is 5.91. The molecule has 1 aliphatic rings. The summed E-state index contributed by atoms with van der Waals surface area (Å²) in [6.45, 7) is 4.13. The van der Waals surface area contributed by atoms with E-state index in [2.05, 4.69) is 9.88 Å². The number of halogens is 1. The number of nitrogens with one attached hydrogen (secondary N) is 1. The van der Waals surface area contributed by atoms with Crippen molar-refractivity contribution >= 4 is 11.0 Å². The Balaban J connectivity index is 1.18. The minimum atomic E-state index is -0.156. The lowest BCUT2D eigenvalue weighted by Crippen LogP contribution is -2.33. The van der Waals surface area contributed by atoms with E-state index in [1.807, 2.05) is 41.0 Å². The second kappa shape index (κ2) is 8.74. The monoisotopic (exact) mass is 381 g/mol. The van der Waals surface area contributed by atoms with Gasteiger partial charge in [-0.3, -0.25) is 4.57 Å². The number of benzene rings is 2. The third-order valence-electron chi connectivity index (χ3n) is 5.97. The van der Waals surface area contributed by atoms with Crippen LogP contribution >= 0.6 is 0 Å². The van der Waals surface area contributed by atoms with Gasteiger partial charge in [0.25, 0.3) is 0 Å². The first-order chi connectivity index (χ1) is 13.7. The maximum atomic E-state index is 13.1. The van der Waals surface area contributed by atoms with Crippen molar-refractivity contribution in [1.29, 1.82) is 0 Å². The Morgan fingerprint density at radius 3 is 2.43 bits per heavy atom. The van der Waals surface area contributed by atoms with Gasteiger partial charge in [0.1, 0.15) is 5.82 Å². The molecule has 4 rings (SSSR count). The van der Waals surface area contributed by atoms with Crippen LogP contribution in [0.2, 0.25) is 0 Å². The molecule has 2 aromatic carbocycles. The molecule has 1 fully saturated rings. The summed E-state index contributed by atoms with van der Waals surface area (Å²) in [5.41, 5.74) is 3.17. The Morgan fingerprint density at radius 1 is 0.929 bits per heavy atom. The highest BCUT2D eigenvalue weighted by molar-refractivity contribution is 5.74. The van der Waals surface area contributed by atoms with Crippen molar-refractivity contribution < 1.29 is 4.39 Å². The van der Waals surface area contributed by atoms with E-state index in [1.54, 1.807) is 12.1 Å². The van der Waals surface area contributed by atoms with Gasteiger partial charge in [-0.1, -0.05) is 30.7 Å². The van der Waals surface area contributed by atoms with Crippen LogP contribution in [0.5, 0.6) is 0 Å². The number of H-pyrrole nitrogens is 1. The minimum Gasteiger partial charge on any atom is -0.306 e. The molecule has 5 heteroatoms. The molecule has 0 spiro atoms. The smallest absolute Gasteiger partial charge is 0.306 e. The van der Waals surface area contributed by atoms with E-state index in [-0.39, 0.29) is 11.5 Å². The van der Waals surface area contributed by atoms with Gasteiger partial charge in [0.2, 0.25) is 0 Å². The highest BCUT2D eigenvalue weighted by Crippen LogP contribution is 2.28. The number of aromatic nitrogens is 2. The maximum absolute atomic E-state index is 13.1. The number of likely N-dealkylation sites (tertiary alicyclic amines) is 1. The fourth-order valence-electron chi connectivity index (χ4n) is 4.34. The van der Waals surface area contributed by atoms with Gasteiger partial charge in [-0.25, -0.2) is 9.18 Å². The second-order valence-corrected chi connectivity index (χ2v) is 7.83. The molecule has 148 valence electrons. The fourth-order valence-corrected chi connectivity index (χ4v) is 4.34. The van der Waals surface area contributed by atoms with E-state index in [9.17, 15) is 9.18 Å². The molecule has 0 saturated carbocycles. The quantitative estimate of drug-likeness (QED) is 0.612. The summed E-state index contributed by atoms with van der Waals surface area (Å²) in [4.78, 5) is 17.6. The van der Waals surface area contributed by atoms with Crippen molar-refractivity contribution in [3.63, 3.8) is 0 Å². The Labute approximate surface area is 165 Å². The van der Waals surface area contributed by atoms with Gasteiger partial charge in [0.15, 0.2) is 0 Å². The first-order valence-corrected chi connectivity index (χ1v) is 10.4. The van der Waals surface area contributed by atoms with Crippen LogP contribution in [-0.4, -0.2) is 34.1 Å². The van der Waals surface area contributed by atoms with Crippen molar-refractivity contribution in [2.45, 2.75) is 44.6 Å². The summed E-state index contributed by atoms with van der Waals surface area (Å²) in [6, 6.07) is 14.9. The van der Waals surface area contributed by atoms with Crippen molar-refractivity contribution in [3.05, 3.63) is 70.4 Å². The maximum Gasteiger partial charge on any atom is 0.326 e. The zero-order chi connectivity index (χ0) is 19.3. The van der Waals surface area contributed by atoms with Crippen LogP contribution in [0.15, 0.2) is 53.3 Å². The second-order valence-electron chi connectivity index (χ2n) is 7.83. The first kappa shape index (κ1) is 18.9. The SMILES string of the molecule is O=c1[nH]c2ccccc2n1CCCCCN1CCC(c2ccc(F)cc2)CC1. The van der Waals surface area contributed by atoms with E-state index in [1.165, 1.54) is 12.0 Å². The number of nitrogens with zero attached hydrogens (tertiary/aromatic N) is 2. The molecule has 0 bridgehead atoms. The molecule has 1 saturated heterocycles. The Hall–Kier alpha value is -2.40. The first-order valence-electron chi connectivity index (χ1n) is 10.4.